The second-order valence-corrected chi connectivity index (χ2v) is 9.85. The van der Waals surface area contributed by atoms with Crippen LogP contribution in [0.15, 0.2) is 41.8 Å². The number of alkyl halides is 3. The van der Waals surface area contributed by atoms with Gasteiger partial charge in [-0.2, -0.15) is 13.2 Å². The third-order valence-corrected chi connectivity index (χ3v) is 8.66. The molecular weight excluding hydrogens is 428 g/mol. The van der Waals surface area contributed by atoms with E-state index in [1.54, 1.807) is 41.8 Å². The van der Waals surface area contributed by atoms with Gasteiger partial charge in [0.25, 0.3) is 0 Å². The van der Waals surface area contributed by atoms with Gasteiger partial charge in [-0.25, -0.2) is 7.86 Å². The van der Waals surface area contributed by atoms with Crippen LogP contribution in [0.25, 0.3) is 0 Å². The van der Waals surface area contributed by atoms with Gasteiger partial charge in [-0.1, -0.05) is 22.9 Å². The molecule has 2 nitrogen and oxygen atoms in total. The summed E-state index contributed by atoms with van der Waals surface area (Å²) < 4.78 is 43.1. The number of hydrogen-bond acceptors (Lipinski definition) is 3. The first kappa shape index (κ1) is 15.6. The minimum absolute atomic E-state index is 0.470. The Morgan fingerprint density at radius 1 is 1.20 bits per heavy atom. The van der Waals surface area contributed by atoms with E-state index < -0.39 is 32.4 Å². The van der Waals surface area contributed by atoms with Crippen LogP contribution in [0.4, 0.5) is 13.2 Å². The predicted molar refractivity (Wildman–Crippen MR) is 65.3 cm³/mol. The molecule has 0 amide bonds. The summed E-state index contributed by atoms with van der Waals surface area (Å²) in [5.41, 5.74) is 0. The van der Waals surface area contributed by atoms with Crippen LogP contribution < -0.4 is 20.2 Å². The van der Waals surface area contributed by atoms with Crippen molar-refractivity contribution in [2.45, 2.75) is 6.18 Å². The second-order valence-electron chi connectivity index (χ2n) is 3.46. The first-order valence-electron chi connectivity index (χ1n) is 5.16. The summed E-state index contributed by atoms with van der Waals surface area (Å²) in [7, 11) is 0. The molecule has 0 bridgehead atoms. The molecule has 1 aromatic heterocycles. The van der Waals surface area contributed by atoms with E-state index in [1.165, 1.54) is 11.3 Å². The third kappa shape index (κ3) is 3.86. The fraction of sp³-hybridized carbons (Fsp3) is 0.0833. The van der Waals surface area contributed by atoms with Crippen molar-refractivity contribution in [1.29, 1.82) is 0 Å². The monoisotopic (exact) mass is 434 g/mol. The summed E-state index contributed by atoms with van der Waals surface area (Å²) in [6.07, 6.45) is -4.99. The van der Waals surface area contributed by atoms with E-state index in [1.807, 2.05) is 0 Å². The van der Waals surface area contributed by atoms with Crippen LogP contribution in [0.1, 0.15) is 0 Å². The number of halogens is 5. The topological polar surface area (TPSA) is 26.3 Å². The van der Waals surface area contributed by atoms with Crippen LogP contribution >= 0.6 is 22.9 Å². The summed E-state index contributed by atoms with van der Waals surface area (Å²) >= 11 is 4.13. The molecule has 1 aromatic carbocycles. The van der Waals surface area contributed by atoms with Gasteiger partial charge in [0.1, 0.15) is 0 Å². The zero-order chi connectivity index (χ0) is 14.8. The Morgan fingerprint density at radius 2 is 1.85 bits per heavy atom. The molecule has 2 aromatic rings. The molecule has 0 atom stereocenters. The molecule has 0 aliphatic carbocycles. The van der Waals surface area contributed by atoms with Crippen molar-refractivity contribution in [3.63, 3.8) is 0 Å². The fourth-order valence-electron chi connectivity index (χ4n) is 1.20. The minimum Gasteiger partial charge on any atom is -0.236 e. The molecule has 2 rings (SSSR count). The van der Waals surface area contributed by atoms with E-state index in [9.17, 15) is 18.0 Å². The van der Waals surface area contributed by atoms with Crippen molar-refractivity contribution in [2.75, 3.05) is 0 Å². The molecular formula is C12H7ClF3IO2S+. The van der Waals surface area contributed by atoms with E-state index in [0.29, 0.717) is 11.5 Å². The highest BCUT2D eigenvalue weighted by Gasteiger charge is 2.48. The maximum absolute atomic E-state index is 12.4. The lowest BCUT2D eigenvalue weighted by Gasteiger charge is -2.05. The van der Waals surface area contributed by atoms with Gasteiger partial charge in [0, 0.05) is 11.1 Å². The number of benzene rings is 1. The number of thiophene rings is 1. The average molecular weight is 435 g/mol. The number of rotatable bonds is 3. The molecule has 8 heteroatoms. The SMILES string of the molecule is O=C(O[I+](c1ccc(Cl)cc1)c1cccs1)C(F)(F)F. The van der Waals surface area contributed by atoms with E-state index in [0.717, 1.165) is 0 Å². The van der Waals surface area contributed by atoms with E-state index in [4.69, 9.17) is 14.7 Å². The van der Waals surface area contributed by atoms with Gasteiger partial charge in [0.2, 0.25) is 2.88 Å². The van der Waals surface area contributed by atoms with E-state index in [2.05, 4.69) is 0 Å². The Bertz CT molecular complexity index is 584. The summed E-state index contributed by atoms with van der Waals surface area (Å²) in [5, 5.41) is 2.20. The van der Waals surface area contributed by atoms with Crippen molar-refractivity contribution < 1.29 is 41.3 Å². The maximum atomic E-state index is 12.4. The lowest BCUT2D eigenvalue weighted by atomic mass is 10.4. The van der Waals surface area contributed by atoms with Crippen LogP contribution in [-0.2, 0) is 7.86 Å². The average Bonchev–Trinajstić information content (AvgIpc) is 2.89. The maximum Gasteiger partial charge on any atom is 0.496 e. The van der Waals surface area contributed by atoms with E-state index in [-0.39, 0.29) is 0 Å². The molecule has 20 heavy (non-hydrogen) atoms. The number of carbonyl (C=O) groups excluding carboxylic acids is 1. The third-order valence-electron chi connectivity index (χ3n) is 2.04. The minimum atomic E-state index is -4.99. The van der Waals surface area contributed by atoms with Crippen LogP contribution in [0.2, 0.25) is 5.02 Å². The molecule has 0 saturated carbocycles. The second kappa shape index (κ2) is 6.31. The standard InChI is InChI=1S/C12H7ClF3IO2S/c13-8-3-5-9(6-4-8)17(10-2-1-7-20-10)19-11(18)12(14,15)16/h1-7H/q+1. The first-order valence-corrected chi connectivity index (χ1v) is 9.46. The molecule has 107 valence electrons. The van der Waals surface area contributed by atoms with Gasteiger partial charge in [0.15, 0.2) is 3.57 Å². The molecule has 0 aliphatic heterocycles. The molecule has 1 heterocycles. The predicted octanol–water partition coefficient (Wildman–Crippen LogP) is 1.09. The smallest absolute Gasteiger partial charge is 0.236 e. The van der Waals surface area contributed by atoms with Crippen molar-refractivity contribution in [1.82, 2.24) is 0 Å². The lowest BCUT2D eigenvalue weighted by Crippen LogP contribution is -3.85. The van der Waals surface area contributed by atoms with Gasteiger partial charge < -0.3 is 0 Å². The highest BCUT2D eigenvalue weighted by Crippen LogP contribution is 2.15. The molecule has 1 radical (unpaired) electrons. The first-order chi connectivity index (χ1) is 9.38. The molecule has 0 saturated heterocycles. The lowest BCUT2D eigenvalue weighted by molar-refractivity contribution is -1.04. The fourth-order valence-corrected chi connectivity index (χ4v) is 7.08. The number of carbonyl (C=O) groups is 1. The van der Waals surface area contributed by atoms with Gasteiger partial charge in [-0.05, 0) is 35.7 Å². The van der Waals surface area contributed by atoms with Crippen molar-refractivity contribution in [2.24, 2.45) is 0 Å². The summed E-state index contributed by atoms with van der Waals surface area (Å²) in [6.45, 7) is 0. The Morgan fingerprint density at radius 3 is 2.35 bits per heavy atom. The molecule has 0 unspecified atom stereocenters. The summed E-state index contributed by atoms with van der Waals surface area (Å²) in [6, 6.07) is 9.70. The van der Waals surface area contributed by atoms with Crippen LogP contribution in [-0.4, -0.2) is 12.1 Å². The van der Waals surface area contributed by atoms with Crippen molar-refractivity contribution >= 4 is 28.9 Å². The molecule has 0 aliphatic rings. The Balaban J connectivity index is 2.31. The van der Waals surface area contributed by atoms with Crippen molar-refractivity contribution in [3.8, 4) is 0 Å². The Kier molecular flexibility index (Phi) is 4.92. The van der Waals surface area contributed by atoms with Gasteiger partial charge in [-0.15, -0.1) is 0 Å². The van der Waals surface area contributed by atoms with Crippen molar-refractivity contribution in [3.05, 3.63) is 53.3 Å². The summed E-state index contributed by atoms with van der Waals surface area (Å²) in [4.78, 5) is 11.1. The highest BCUT2D eigenvalue weighted by atomic mass is 127. The van der Waals surface area contributed by atoms with Crippen LogP contribution in [0, 0.1) is 6.45 Å². The largest absolute Gasteiger partial charge is 0.496 e. The Hall–Kier alpha value is -0.800. The number of hydrogen-bond donors (Lipinski definition) is 0. The molecule has 0 N–H and O–H groups in total. The van der Waals surface area contributed by atoms with Crippen LogP contribution in [0.5, 0.6) is 0 Å². The van der Waals surface area contributed by atoms with Gasteiger partial charge in [0.05, 0.1) is 0 Å². The van der Waals surface area contributed by atoms with Crippen LogP contribution in [0.3, 0.4) is 0 Å². The Labute approximate surface area is 129 Å². The molecule has 0 fully saturated rings. The zero-order valence-electron chi connectivity index (χ0n) is 9.66. The quantitative estimate of drug-likeness (QED) is 0.676. The zero-order valence-corrected chi connectivity index (χ0v) is 13.4. The molecule has 0 spiro atoms. The highest BCUT2D eigenvalue weighted by molar-refractivity contribution is 7.07. The normalized spacial score (nSPS) is 11.7. The summed E-state index contributed by atoms with van der Waals surface area (Å²) in [5.74, 6) is -2.15. The van der Waals surface area contributed by atoms with Gasteiger partial charge >= 0.3 is 32.4 Å². The van der Waals surface area contributed by atoms with Gasteiger partial charge in [-0.3, -0.25) is 0 Å². The van der Waals surface area contributed by atoms with E-state index >= 15 is 0 Å².